The summed E-state index contributed by atoms with van der Waals surface area (Å²) < 4.78 is 30.7. The third kappa shape index (κ3) is 2.90. The summed E-state index contributed by atoms with van der Waals surface area (Å²) in [4.78, 5) is 25.1. The molecule has 0 aromatic heterocycles. The van der Waals surface area contributed by atoms with E-state index in [2.05, 4.69) is 0 Å². The number of hydrogen-bond acceptors (Lipinski definition) is 6. The molecule has 0 aliphatic carbocycles. The zero-order chi connectivity index (χ0) is 20.1. The van der Waals surface area contributed by atoms with Gasteiger partial charge in [0.15, 0.2) is 11.5 Å². The maximum absolute atomic E-state index is 12.7. The predicted octanol–water partition coefficient (Wildman–Crippen LogP) is 1.25. The van der Waals surface area contributed by atoms with Crippen molar-refractivity contribution < 1.29 is 32.4 Å². The molecule has 2 N–H and O–H groups in total. The number of benzene rings is 1. The van der Waals surface area contributed by atoms with Crippen molar-refractivity contribution in [2.75, 3.05) is 6.61 Å². The molecular weight excluding hydrogens is 374 g/mol. The average Bonchev–Trinajstić information content (AvgIpc) is 2.78. The monoisotopic (exact) mass is 395 g/mol. The van der Waals surface area contributed by atoms with Gasteiger partial charge in [-0.3, -0.25) is 9.69 Å². The van der Waals surface area contributed by atoms with Crippen molar-refractivity contribution in [2.45, 2.75) is 38.1 Å². The van der Waals surface area contributed by atoms with Crippen LogP contribution in [0.4, 0.5) is 0 Å². The smallest absolute Gasteiger partial charge is 0.356 e. The van der Waals surface area contributed by atoms with E-state index in [1.165, 1.54) is 12.1 Å². The number of hydrogen-bond donors (Lipinski definition) is 2. The first kappa shape index (κ1) is 19.4. The van der Waals surface area contributed by atoms with E-state index in [4.69, 9.17) is 4.18 Å². The third-order valence-corrected chi connectivity index (χ3v) is 6.38. The molecule has 1 amide bonds. The van der Waals surface area contributed by atoms with Crippen molar-refractivity contribution in [3.05, 3.63) is 41.3 Å². The number of rotatable bonds is 6. The number of fused-ring (bicyclic) bond motifs is 1. The van der Waals surface area contributed by atoms with Crippen molar-refractivity contribution in [3.63, 3.8) is 0 Å². The molecule has 0 spiro atoms. The summed E-state index contributed by atoms with van der Waals surface area (Å²) in [6.07, 6.45) is 0.175. The number of aryl methyl sites for hydroxylation is 1. The molecule has 27 heavy (non-hydrogen) atoms. The number of aliphatic hydroxyl groups excluding tert-OH is 1. The van der Waals surface area contributed by atoms with Gasteiger partial charge in [-0.05, 0) is 25.5 Å². The first-order chi connectivity index (χ1) is 12.5. The molecule has 2 atom stereocenters. The van der Waals surface area contributed by atoms with Crippen molar-refractivity contribution in [1.29, 1.82) is 0 Å². The Morgan fingerprint density at radius 3 is 2.37 bits per heavy atom. The molecule has 146 valence electrons. The topological polar surface area (TPSA) is 121 Å². The highest BCUT2D eigenvalue weighted by Gasteiger charge is 2.64. The van der Waals surface area contributed by atoms with Gasteiger partial charge in [-0.15, -0.1) is 0 Å². The minimum atomic E-state index is -4.27. The lowest BCUT2D eigenvalue weighted by Crippen LogP contribution is -2.62. The van der Waals surface area contributed by atoms with Crippen LogP contribution in [-0.4, -0.2) is 48.1 Å². The van der Waals surface area contributed by atoms with Gasteiger partial charge in [0.05, 0.1) is 12.0 Å². The Morgan fingerprint density at radius 2 is 1.85 bits per heavy atom. The molecule has 8 nitrogen and oxygen atoms in total. The summed E-state index contributed by atoms with van der Waals surface area (Å²) >= 11 is 0. The second-order valence-electron chi connectivity index (χ2n) is 7.33. The highest BCUT2D eigenvalue weighted by atomic mass is 32.2. The van der Waals surface area contributed by atoms with E-state index in [1.807, 2.05) is 0 Å². The number of carbonyl (C=O) groups excluding carboxylic acids is 1. The zero-order valence-electron chi connectivity index (χ0n) is 15.2. The molecule has 1 saturated heterocycles. The number of amides is 1. The average molecular weight is 395 g/mol. The summed E-state index contributed by atoms with van der Waals surface area (Å²) in [5.41, 5.74) is -0.638. The van der Waals surface area contributed by atoms with Crippen LogP contribution in [0.1, 0.15) is 25.8 Å². The molecule has 2 unspecified atom stereocenters. The van der Waals surface area contributed by atoms with Crippen molar-refractivity contribution in [2.24, 2.45) is 11.3 Å². The minimum Gasteiger partial charge on any atom is -0.476 e. The fraction of sp³-hybridized carbons (Fsp3) is 0.444. The van der Waals surface area contributed by atoms with Crippen molar-refractivity contribution >= 4 is 22.0 Å². The van der Waals surface area contributed by atoms with Crippen LogP contribution >= 0.6 is 0 Å². The van der Waals surface area contributed by atoms with Crippen molar-refractivity contribution in [1.82, 2.24) is 4.90 Å². The van der Waals surface area contributed by atoms with Crippen LogP contribution in [0.25, 0.3) is 0 Å². The number of β-lactam (4-membered cyclic amide) rings is 1. The molecule has 2 heterocycles. The van der Waals surface area contributed by atoms with Gasteiger partial charge < -0.3 is 14.4 Å². The Kier molecular flexibility index (Phi) is 4.55. The second-order valence-corrected chi connectivity index (χ2v) is 8.87. The minimum absolute atomic E-state index is 0.103. The van der Waals surface area contributed by atoms with Crippen LogP contribution in [0, 0.1) is 18.3 Å². The Hall–Kier alpha value is -2.39. The van der Waals surface area contributed by atoms with E-state index in [0.29, 0.717) is 0 Å². The first-order valence-electron chi connectivity index (χ1n) is 8.45. The van der Waals surface area contributed by atoms with Gasteiger partial charge in [-0.25, -0.2) is 4.79 Å². The quantitative estimate of drug-likeness (QED) is 0.549. The fourth-order valence-electron chi connectivity index (χ4n) is 3.80. The van der Waals surface area contributed by atoms with Crippen molar-refractivity contribution in [3.8, 4) is 0 Å². The highest BCUT2D eigenvalue weighted by Crippen LogP contribution is 2.54. The number of carboxylic acid groups (broad SMARTS) is 1. The molecule has 9 heteroatoms. The van der Waals surface area contributed by atoms with E-state index in [9.17, 15) is 28.2 Å². The third-order valence-electron chi connectivity index (χ3n) is 5.14. The fourth-order valence-corrected chi connectivity index (χ4v) is 4.88. The maximum Gasteiger partial charge on any atom is 0.356 e. The van der Waals surface area contributed by atoms with Crippen LogP contribution in [0.15, 0.2) is 40.6 Å². The molecular formula is C18H21NO7S. The lowest BCUT2D eigenvalue weighted by Gasteiger charge is -2.48. The van der Waals surface area contributed by atoms with Gasteiger partial charge in [0.1, 0.15) is 4.90 Å². The maximum atomic E-state index is 12.7. The van der Waals surface area contributed by atoms with Crippen LogP contribution in [-0.2, 0) is 23.9 Å². The zero-order valence-corrected chi connectivity index (χ0v) is 16.0. The molecule has 2 aliphatic heterocycles. The van der Waals surface area contributed by atoms with E-state index >= 15 is 0 Å². The van der Waals surface area contributed by atoms with Crippen LogP contribution in [0.3, 0.4) is 0 Å². The summed E-state index contributed by atoms with van der Waals surface area (Å²) in [5.74, 6) is -2.74. The summed E-state index contributed by atoms with van der Waals surface area (Å²) in [5, 5.41) is 18.8. The number of nitrogens with zero attached hydrogens (tertiary/aromatic N) is 1. The Bertz CT molecular complexity index is 931. The van der Waals surface area contributed by atoms with Crippen LogP contribution < -0.4 is 0 Å². The van der Waals surface area contributed by atoms with E-state index in [0.717, 1.165) is 10.5 Å². The van der Waals surface area contributed by atoms with E-state index in [-0.39, 0.29) is 23.7 Å². The Balaban J connectivity index is 2.04. The second kappa shape index (κ2) is 6.35. The summed E-state index contributed by atoms with van der Waals surface area (Å²) in [6.45, 7) is 4.85. The summed E-state index contributed by atoms with van der Waals surface area (Å²) in [6, 6.07) is 5.39. The normalized spacial score (nSPS) is 23.9. The Labute approximate surface area is 157 Å². The molecule has 2 aliphatic rings. The van der Waals surface area contributed by atoms with Gasteiger partial charge >= 0.3 is 16.1 Å². The lowest BCUT2D eigenvalue weighted by molar-refractivity contribution is -0.160. The SMILES string of the molecule is Cc1ccc(S(=O)(=O)OC2=C(C(=O)O)N3C(=O)C(CCO)C3C2(C)C)cc1. The largest absolute Gasteiger partial charge is 0.476 e. The van der Waals surface area contributed by atoms with E-state index in [1.54, 1.807) is 32.9 Å². The molecule has 0 saturated carbocycles. The van der Waals surface area contributed by atoms with E-state index < -0.39 is 45.1 Å². The van der Waals surface area contributed by atoms with Gasteiger partial charge in [0, 0.05) is 12.0 Å². The molecule has 1 fully saturated rings. The lowest BCUT2D eigenvalue weighted by atomic mass is 9.71. The standard InChI is InChI=1S/C18H21NO7S/c1-10-4-6-11(7-5-10)27(24,25)26-15-13(17(22)23)19-14(18(15,2)3)12(8-9-20)16(19)21/h4-7,12,14,20H,8-9H2,1-3H3,(H,22,23). The number of carboxylic acids is 1. The predicted molar refractivity (Wildman–Crippen MR) is 93.7 cm³/mol. The van der Waals surface area contributed by atoms with Gasteiger partial charge in [-0.1, -0.05) is 31.5 Å². The van der Waals surface area contributed by atoms with Crippen LogP contribution in [0.2, 0.25) is 0 Å². The Morgan fingerprint density at radius 1 is 1.26 bits per heavy atom. The molecule has 0 bridgehead atoms. The summed E-state index contributed by atoms with van der Waals surface area (Å²) in [7, 11) is -4.27. The number of aliphatic carboxylic acids is 1. The molecule has 1 aromatic rings. The first-order valence-corrected chi connectivity index (χ1v) is 9.86. The van der Waals surface area contributed by atoms with Gasteiger partial charge in [0.2, 0.25) is 5.91 Å². The highest BCUT2D eigenvalue weighted by molar-refractivity contribution is 7.86. The number of carbonyl (C=O) groups is 2. The van der Waals surface area contributed by atoms with Gasteiger partial charge in [-0.2, -0.15) is 8.42 Å². The van der Waals surface area contributed by atoms with Gasteiger partial charge in [0.25, 0.3) is 0 Å². The molecule has 1 aromatic carbocycles. The molecule has 3 rings (SSSR count). The number of aliphatic hydroxyl groups is 1. The molecule has 0 radical (unpaired) electrons. The van der Waals surface area contributed by atoms with Crippen LogP contribution in [0.5, 0.6) is 0 Å².